The number of hydrogen-bond acceptors (Lipinski definition) is 2. The zero-order valence-electron chi connectivity index (χ0n) is 10.7. The zero-order chi connectivity index (χ0) is 14.0. The van der Waals surface area contributed by atoms with Gasteiger partial charge in [-0.2, -0.15) is 4.31 Å². The summed E-state index contributed by atoms with van der Waals surface area (Å²) < 4.78 is 27.4. The number of halogens is 2. The average Bonchev–Trinajstić information content (AvgIpc) is 2.39. The molecule has 1 aromatic carbocycles. The number of benzene rings is 1. The van der Waals surface area contributed by atoms with Crippen LogP contribution in [0.15, 0.2) is 33.6 Å². The highest BCUT2D eigenvalue weighted by molar-refractivity contribution is 9.10. The van der Waals surface area contributed by atoms with Crippen LogP contribution < -0.4 is 0 Å². The van der Waals surface area contributed by atoms with Crippen LogP contribution >= 0.6 is 27.5 Å². The maximum atomic E-state index is 12.5. The molecule has 1 fully saturated rings. The van der Waals surface area contributed by atoms with Gasteiger partial charge in [-0.1, -0.05) is 28.8 Å². The molecule has 1 aliphatic carbocycles. The van der Waals surface area contributed by atoms with E-state index in [1.54, 1.807) is 31.3 Å². The summed E-state index contributed by atoms with van der Waals surface area (Å²) in [6.45, 7) is 0. The summed E-state index contributed by atoms with van der Waals surface area (Å²) >= 11 is 9.59. The Hall–Kier alpha value is -0.100. The van der Waals surface area contributed by atoms with Crippen molar-refractivity contribution in [1.82, 2.24) is 4.31 Å². The Morgan fingerprint density at radius 2 is 1.79 bits per heavy atom. The normalized spacial score (nSPS) is 24.6. The summed E-state index contributed by atoms with van der Waals surface area (Å²) in [6.07, 6.45) is 3.83. The second-order valence-electron chi connectivity index (χ2n) is 4.84. The fourth-order valence-corrected chi connectivity index (χ4v) is 4.63. The molecule has 2 atom stereocenters. The van der Waals surface area contributed by atoms with Crippen molar-refractivity contribution in [3.05, 3.63) is 28.7 Å². The second kappa shape index (κ2) is 6.12. The molecule has 106 valence electrons. The van der Waals surface area contributed by atoms with Gasteiger partial charge in [0.2, 0.25) is 10.0 Å². The third-order valence-corrected chi connectivity index (χ3v) is 6.54. The Morgan fingerprint density at radius 1 is 1.21 bits per heavy atom. The van der Waals surface area contributed by atoms with Crippen molar-refractivity contribution >= 4 is 37.6 Å². The summed E-state index contributed by atoms with van der Waals surface area (Å²) in [4.78, 5) is 0.313. The van der Waals surface area contributed by atoms with Crippen LogP contribution in [0.4, 0.5) is 0 Å². The Labute approximate surface area is 128 Å². The standard InChI is InChI=1S/C13H17BrClNO2S/c1-16(13-5-3-2-4-12(13)15)19(17,18)11-8-6-10(14)7-9-11/h6-9,12-13H,2-5H2,1H3. The van der Waals surface area contributed by atoms with E-state index in [1.807, 2.05) is 0 Å². The molecule has 0 heterocycles. The van der Waals surface area contributed by atoms with E-state index < -0.39 is 10.0 Å². The maximum Gasteiger partial charge on any atom is 0.243 e. The molecule has 0 aliphatic heterocycles. The van der Waals surface area contributed by atoms with Crippen LogP contribution in [0.3, 0.4) is 0 Å². The number of rotatable bonds is 3. The quantitative estimate of drug-likeness (QED) is 0.766. The first kappa shape index (κ1) is 15.3. The van der Waals surface area contributed by atoms with Gasteiger partial charge in [0.05, 0.1) is 10.3 Å². The van der Waals surface area contributed by atoms with Gasteiger partial charge in [0, 0.05) is 17.6 Å². The Kier molecular flexibility index (Phi) is 4.93. The maximum absolute atomic E-state index is 12.5. The first-order valence-electron chi connectivity index (χ1n) is 6.30. The highest BCUT2D eigenvalue weighted by Gasteiger charge is 2.34. The Balaban J connectivity index is 2.25. The van der Waals surface area contributed by atoms with Crippen LogP contribution in [0.2, 0.25) is 0 Å². The lowest BCUT2D eigenvalue weighted by Crippen LogP contribution is -2.44. The summed E-state index contributed by atoms with van der Waals surface area (Å²) in [6, 6.07) is 6.59. The zero-order valence-corrected chi connectivity index (χ0v) is 13.9. The summed E-state index contributed by atoms with van der Waals surface area (Å²) in [5, 5.41) is -0.0935. The van der Waals surface area contributed by atoms with Crippen molar-refractivity contribution in [3.8, 4) is 0 Å². The number of hydrogen-bond donors (Lipinski definition) is 0. The minimum absolute atomic E-state index is 0.0935. The van der Waals surface area contributed by atoms with Crippen molar-refractivity contribution in [1.29, 1.82) is 0 Å². The number of nitrogens with zero attached hydrogens (tertiary/aromatic N) is 1. The molecule has 2 rings (SSSR count). The van der Waals surface area contributed by atoms with Crippen molar-refractivity contribution < 1.29 is 8.42 Å². The molecule has 1 aliphatic rings. The number of sulfonamides is 1. The van der Waals surface area contributed by atoms with Gasteiger partial charge in [0.15, 0.2) is 0 Å². The molecule has 0 aromatic heterocycles. The van der Waals surface area contributed by atoms with Gasteiger partial charge < -0.3 is 0 Å². The summed E-state index contributed by atoms with van der Waals surface area (Å²) in [5.41, 5.74) is 0. The molecular formula is C13H17BrClNO2S. The lowest BCUT2D eigenvalue weighted by Gasteiger charge is -2.34. The van der Waals surface area contributed by atoms with Crippen LogP contribution in [0.5, 0.6) is 0 Å². The van der Waals surface area contributed by atoms with E-state index in [-0.39, 0.29) is 11.4 Å². The van der Waals surface area contributed by atoms with Crippen molar-refractivity contribution in [2.45, 2.75) is 42.0 Å². The first-order chi connectivity index (χ1) is 8.93. The lowest BCUT2D eigenvalue weighted by atomic mass is 9.95. The van der Waals surface area contributed by atoms with Crippen LogP contribution in [0, 0.1) is 0 Å². The van der Waals surface area contributed by atoms with Gasteiger partial charge in [-0.3, -0.25) is 0 Å². The molecule has 3 nitrogen and oxygen atoms in total. The predicted octanol–water partition coefficient (Wildman–Crippen LogP) is 3.62. The molecule has 0 N–H and O–H groups in total. The summed E-state index contributed by atoms with van der Waals surface area (Å²) in [7, 11) is -1.83. The molecule has 2 unspecified atom stereocenters. The van der Waals surface area contributed by atoms with Gasteiger partial charge in [0.1, 0.15) is 0 Å². The molecule has 1 saturated carbocycles. The highest BCUT2D eigenvalue weighted by Crippen LogP contribution is 2.30. The van der Waals surface area contributed by atoms with Crippen molar-refractivity contribution in [2.75, 3.05) is 7.05 Å². The van der Waals surface area contributed by atoms with Crippen LogP contribution in [-0.2, 0) is 10.0 Å². The molecular weight excluding hydrogens is 350 g/mol. The largest absolute Gasteiger partial charge is 0.243 e. The van der Waals surface area contributed by atoms with E-state index in [0.29, 0.717) is 4.90 Å². The third kappa shape index (κ3) is 3.32. The molecule has 0 radical (unpaired) electrons. The van der Waals surface area contributed by atoms with Crippen LogP contribution in [0.1, 0.15) is 25.7 Å². The van der Waals surface area contributed by atoms with Gasteiger partial charge in [-0.15, -0.1) is 11.6 Å². The molecule has 0 spiro atoms. The monoisotopic (exact) mass is 365 g/mol. The lowest BCUT2D eigenvalue weighted by molar-refractivity contribution is 0.291. The Morgan fingerprint density at radius 3 is 2.37 bits per heavy atom. The highest BCUT2D eigenvalue weighted by atomic mass is 79.9. The van der Waals surface area contributed by atoms with E-state index in [1.165, 1.54) is 4.31 Å². The molecule has 0 amide bonds. The topological polar surface area (TPSA) is 37.4 Å². The van der Waals surface area contributed by atoms with E-state index in [9.17, 15) is 8.42 Å². The Bertz CT molecular complexity index is 532. The van der Waals surface area contributed by atoms with Crippen molar-refractivity contribution in [2.24, 2.45) is 0 Å². The fourth-order valence-electron chi connectivity index (χ4n) is 2.43. The van der Waals surface area contributed by atoms with E-state index in [2.05, 4.69) is 15.9 Å². The molecule has 0 bridgehead atoms. The fraction of sp³-hybridized carbons (Fsp3) is 0.538. The predicted molar refractivity (Wildman–Crippen MR) is 81.0 cm³/mol. The van der Waals surface area contributed by atoms with Crippen LogP contribution in [-0.4, -0.2) is 31.2 Å². The first-order valence-corrected chi connectivity index (χ1v) is 8.97. The SMILES string of the molecule is CN(C1CCCCC1Cl)S(=O)(=O)c1ccc(Br)cc1. The van der Waals surface area contributed by atoms with E-state index in [0.717, 1.165) is 30.2 Å². The van der Waals surface area contributed by atoms with Crippen LogP contribution in [0.25, 0.3) is 0 Å². The molecule has 0 saturated heterocycles. The smallest absolute Gasteiger partial charge is 0.207 e. The molecule has 19 heavy (non-hydrogen) atoms. The molecule has 6 heteroatoms. The van der Waals surface area contributed by atoms with E-state index in [4.69, 9.17) is 11.6 Å². The van der Waals surface area contributed by atoms with Gasteiger partial charge in [-0.25, -0.2) is 8.42 Å². The van der Waals surface area contributed by atoms with Gasteiger partial charge in [-0.05, 0) is 37.1 Å². The van der Waals surface area contributed by atoms with Crippen molar-refractivity contribution in [3.63, 3.8) is 0 Å². The second-order valence-corrected chi connectivity index (χ2v) is 8.32. The van der Waals surface area contributed by atoms with Gasteiger partial charge in [0.25, 0.3) is 0 Å². The molecule has 1 aromatic rings. The minimum Gasteiger partial charge on any atom is -0.207 e. The number of alkyl halides is 1. The minimum atomic E-state index is -3.46. The summed E-state index contributed by atoms with van der Waals surface area (Å²) in [5.74, 6) is 0. The average molecular weight is 367 g/mol. The van der Waals surface area contributed by atoms with E-state index >= 15 is 0 Å². The third-order valence-electron chi connectivity index (χ3n) is 3.60. The van der Waals surface area contributed by atoms with Gasteiger partial charge >= 0.3 is 0 Å².